The third-order valence-electron chi connectivity index (χ3n) is 7.87. The third-order valence-corrected chi connectivity index (χ3v) is 7.87. The summed E-state index contributed by atoms with van der Waals surface area (Å²) in [6, 6.07) is -4.33. The van der Waals surface area contributed by atoms with Crippen LogP contribution in [-0.4, -0.2) is 171 Å². The van der Waals surface area contributed by atoms with E-state index in [2.05, 4.69) is 26.6 Å². The quantitative estimate of drug-likeness (QED) is 0.0352. The molecular formula is C26H42N6O15. The number of hydrogen-bond acceptors (Lipinski definition) is 17. The average molecular weight is 679 g/mol. The molecule has 0 aromatic heterocycles. The van der Waals surface area contributed by atoms with Crippen molar-refractivity contribution in [2.75, 3.05) is 26.4 Å². The minimum atomic E-state index is -1.81. The van der Waals surface area contributed by atoms with Gasteiger partial charge >= 0.3 is 0 Å². The molecule has 2 amide bonds. The Morgan fingerprint density at radius 3 is 2.06 bits per heavy atom. The number of amides is 2. The molecule has 0 aromatic rings. The van der Waals surface area contributed by atoms with E-state index >= 15 is 0 Å². The predicted octanol–water partition coefficient (Wildman–Crippen LogP) is -6.24. The number of hydrogen-bond donors (Lipinski definition) is 11. The molecule has 3 heterocycles. The Labute approximate surface area is 268 Å². The summed E-state index contributed by atoms with van der Waals surface area (Å²) in [6.07, 6.45) is -14.5. The molecule has 15 atom stereocenters. The van der Waals surface area contributed by atoms with Gasteiger partial charge in [-0.1, -0.05) is 5.11 Å². The molecule has 3 aliphatic rings. The van der Waals surface area contributed by atoms with Gasteiger partial charge in [0.2, 0.25) is 11.8 Å². The zero-order chi connectivity index (χ0) is 34.8. The normalized spacial score (nSPS) is 40.5. The van der Waals surface area contributed by atoms with Crippen molar-refractivity contribution in [1.82, 2.24) is 10.6 Å². The number of ether oxygens (including phenoxy) is 5. The number of azide groups is 1. The van der Waals surface area contributed by atoms with E-state index < -0.39 is 124 Å². The maximum absolute atomic E-state index is 12.7. The van der Waals surface area contributed by atoms with Crippen LogP contribution in [0.15, 0.2) is 5.11 Å². The lowest BCUT2D eigenvalue weighted by molar-refractivity contribution is -0.337. The van der Waals surface area contributed by atoms with Crippen LogP contribution in [0.25, 0.3) is 10.4 Å². The largest absolute Gasteiger partial charge is 0.394 e. The molecular weight excluding hydrogens is 636 g/mol. The highest BCUT2D eigenvalue weighted by Crippen LogP contribution is 2.30. The molecule has 3 saturated heterocycles. The highest BCUT2D eigenvalue weighted by Gasteiger charge is 2.52. The van der Waals surface area contributed by atoms with E-state index in [0.29, 0.717) is 0 Å². The van der Waals surface area contributed by atoms with Crippen LogP contribution in [0, 0.1) is 12.3 Å². The maximum atomic E-state index is 12.7. The predicted molar refractivity (Wildman–Crippen MR) is 152 cm³/mol. The molecule has 12 N–H and O–H groups in total. The Morgan fingerprint density at radius 2 is 1.45 bits per heavy atom. The van der Waals surface area contributed by atoms with Gasteiger partial charge in [-0.2, -0.15) is 0 Å². The number of nitrogens with two attached hydrogens (primary N) is 1. The van der Waals surface area contributed by atoms with Crippen molar-refractivity contribution in [2.24, 2.45) is 10.8 Å². The van der Waals surface area contributed by atoms with Crippen LogP contribution in [0.1, 0.15) is 19.3 Å². The maximum Gasteiger partial charge on any atom is 0.221 e. The Morgan fingerprint density at radius 1 is 0.851 bits per heavy atom. The molecule has 3 rings (SSSR count). The lowest BCUT2D eigenvalue weighted by Crippen LogP contribution is -2.69. The van der Waals surface area contributed by atoms with Crippen molar-refractivity contribution in [3.8, 4) is 12.3 Å². The Hall–Kier alpha value is -2.75. The molecule has 3 aliphatic heterocycles. The van der Waals surface area contributed by atoms with Crippen LogP contribution in [0.2, 0.25) is 0 Å². The molecule has 0 saturated carbocycles. The van der Waals surface area contributed by atoms with Crippen LogP contribution >= 0.6 is 0 Å². The molecule has 0 bridgehead atoms. The van der Waals surface area contributed by atoms with Crippen molar-refractivity contribution in [3.63, 3.8) is 0 Å². The van der Waals surface area contributed by atoms with Crippen molar-refractivity contribution < 1.29 is 74.1 Å². The first-order valence-electron chi connectivity index (χ1n) is 14.7. The molecule has 3 fully saturated rings. The monoisotopic (exact) mass is 678 g/mol. The second-order valence-electron chi connectivity index (χ2n) is 11.1. The summed E-state index contributed by atoms with van der Waals surface area (Å²) in [5.41, 5.74) is 14.1. The summed E-state index contributed by atoms with van der Waals surface area (Å²) >= 11 is 0. The molecule has 0 spiro atoms. The topological polar surface area (TPSA) is 341 Å². The van der Waals surface area contributed by atoms with Gasteiger partial charge in [0.25, 0.3) is 0 Å². The number of nitrogens with zero attached hydrogens (tertiary/aromatic N) is 3. The molecule has 9 unspecified atom stereocenters. The van der Waals surface area contributed by atoms with Gasteiger partial charge in [0.15, 0.2) is 18.9 Å². The minimum Gasteiger partial charge on any atom is -0.394 e. The highest BCUT2D eigenvalue weighted by molar-refractivity contribution is 5.77. The van der Waals surface area contributed by atoms with Crippen molar-refractivity contribution >= 4 is 11.8 Å². The fourth-order valence-corrected chi connectivity index (χ4v) is 5.23. The van der Waals surface area contributed by atoms with Crippen molar-refractivity contribution in [2.45, 2.75) is 111 Å². The number of nitrogens with one attached hydrogen (secondary N) is 2. The molecule has 266 valence electrons. The van der Waals surface area contributed by atoms with Crippen molar-refractivity contribution in [1.29, 1.82) is 0 Å². The SMILES string of the molecule is C#CCCC(=O)NC1C(O)[C@H](O)C(CO)O[C@H]1O[C@H]1C(CO)OC(OCC2O[C@@H](O)C(N)C(O)[C@@H]2O)[C@H](NC(=O)CCN=[N+]=[N-])C1O. The first-order valence-corrected chi connectivity index (χ1v) is 14.7. The Bertz CT molecular complexity index is 1130. The van der Waals surface area contributed by atoms with Crippen LogP contribution in [0.3, 0.4) is 0 Å². The Balaban J connectivity index is 1.86. The highest BCUT2D eigenvalue weighted by atomic mass is 16.7. The number of carbonyl (C=O) groups is 2. The lowest BCUT2D eigenvalue weighted by Gasteiger charge is -2.48. The zero-order valence-electron chi connectivity index (χ0n) is 25.0. The first-order chi connectivity index (χ1) is 22.4. The van der Waals surface area contributed by atoms with E-state index in [4.69, 9.17) is 41.4 Å². The van der Waals surface area contributed by atoms with Gasteiger partial charge in [-0.05, 0) is 5.53 Å². The van der Waals surface area contributed by atoms with Crippen LogP contribution < -0.4 is 16.4 Å². The number of carbonyl (C=O) groups excluding carboxylic acids is 2. The number of aliphatic hydroxyl groups is 8. The third kappa shape index (κ3) is 9.67. The molecule has 21 nitrogen and oxygen atoms in total. The summed E-state index contributed by atoms with van der Waals surface area (Å²) in [6.45, 7) is -2.47. The summed E-state index contributed by atoms with van der Waals surface area (Å²) in [5, 5.41) is 91.2. The number of rotatable bonds is 14. The lowest BCUT2D eigenvalue weighted by atomic mass is 9.94. The van der Waals surface area contributed by atoms with Crippen molar-refractivity contribution in [3.05, 3.63) is 10.4 Å². The zero-order valence-corrected chi connectivity index (χ0v) is 25.0. The molecule has 0 aromatic carbocycles. The standard InChI is InChI=1S/C26H42N6O15/c1-2-3-4-13(35)30-16-21(40)18(37)10(7-33)45-26(16)47-23-11(8-34)46-25(17(22(23)41)31-14(36)5-6-29-32-28)43-9-12-19(38)20(39)15(27)24(42)44-12/h1,10-12,15-26,33-34,37-42H,3-9,27H2,(H,30,35)(H,31,36)/t10?,11?,12?,15?,16?,17-,18-,19-,20?,21?,22?,23+,24-,25?,26+/m1/s1. The summed E-state index contributed by atoms with van der Waals surface area (Å²) in [7, 11) is 0. The number of aliphatic hydroxyl groups excluding tert-OH is 8. The fourth-order valence-electron chi connectivity index (χ4n) is 5.23. The molecule has 0 aliphatic carbocycles. The minimum absolute atomic E-state index is 0.0424. The summed E-state index contributed by atoms with van der Waals surface area (Å²) in [5.74, 6) is 0.875. The second-order valence-corrected chi connectivity index (χ2v) is 11.1. The van der Waals surface area contributed by atoms with Gasteiger partial charge in [-0.15, -0.1) is 12.3 Å². The van der Waals surface area contributed by atoms with E-state index in [1.54, 1.807) is 0 Å². The fraction of sp³-hybridized carbons (Fsp3) is 0.846. The van der Waals surface area contributed by atoms with Crippen LogP contribution in [0.4, 0.5) is 0 Å². The van der Waals surface area contributed by atoms with Gasteiger partial charge in [0.1, 0.15) is 67.0 Å². The molecule has 47 heavy (non-hydrogen) atoms. The van der Waals surface area contributed by atoms with E-state index in [1.165, 1.54) is 0 Å². The van der Waals surface area contributed by atoms with Crippen LogP contribution in [0.5, 0.6) is 0 Å². The van der Waals surface area contributed by atoms with Crippen LogP contribution in [-0.2, 0) is 33.3 Å². The summed E-state index contributed by atoms with van der Waals surface area (Å²) < 4.78 is 28.2. The van der Waals surface area contributed by atoms with E-state index in [0.717, 1.165) is 0 Å². The van der Waals surface area contributed by atoms with Gasteiger partial charge < -0.3 is 80.9 Å². The first kappa shape index (κ1) is 38.7. The number of terminal acetylenes is 1. The smallest absolute Gasteiger partial charge is 0.221 e. The Kier molecular flexibility index (Phi) is 14.9. The molecule has 21 heteroatoms. The van der Waals surface area contributed by atoms with Gasteiger partial charge in [-0.25, -0.2) is 0 Å². The second kappa shape index (κ2) is 18.1. The van der Waals surface area contributed by atoms with E-state index in [9.17, 15) is 50.4 Å². The molecule has 0 radical (unpaired) electrons. The van der Waals surface area contributed by atoms with E-state index in [1.807, 2.05) is 0 Å². The van der Waals surface area contributed by atoms with Gasteiger partial charge in [-0.3, -0.25) is 9.59 Å². The van der Waals surface area contributed by atoms with Gasteiger partial charge in [0, 0.05) is 30.7 Å². The average Bonchev–Trinajstić information content (AvgIpc) is 3.05. The van der Waals surface area contributed by atoms with Gasteiger partial charge in [0.05, 0.1) is 25.9 Å². The van der Waals surface area contributed by atoms with E-state index in [-0.39, 0.29) is 25.8 Å². The summed E-state index contributed by atoms with van der Waals surface area (Å²) in [4.78, 5) is 27.7.